The second-order valence-corrected chi connectivity index (χ2v) is 18.2. The zero-order chi connectivity index (χ0) is 52.5. The summed E-state index contributed by atoms with van der Waals surface area (Å²) < 4.78 is 0. The molecule has 10 N–H and O–H groups in total. The van der Waals surface area contributed by atoms with Gasteiger partial charge in [-0.05, 0) is 117 Å². The number of aromatic hydroxyl groups is 1. The van der Waals surface area contributed by atoms with Crippen molar-refractivity contribution in [1.82, 2.24) is 16.0 Å². The van der Waals surface area contributed by atoms with Crippen molar-refractivity contribution in [1.29, 1.82) is 0 Å². The molecule has 0 fully saturated rings. The molecule has 0 aromatic heterocycles. The molecule has 0 radical (unpaired) electrons. The number of benzene rings is 3. The number of Topliss-reactive ketones (excluding diaryl/α,β-unsaturated/α-hetero) is 4. The predicted molar refractivity (Wildman–Crippen MR) is 272 cm³/mol. The Morgan fingerprint density at radius 1 is 0.746 bits per heavy atom. The van der Waals surface area contributed by atoms with Crippen LogP contribution in [0.25, 0.3) is 0 Å². The molecule has 0 heterocycles. The normalized spacial score (nSPS) is 13.8. The Bertz CT molecular complexity index is 2260. The SMILES string of the molecule is CC[C@H](NC(=O)[C@@H](CC(=O)[C@H](CO)NC[C@H](CCC(=O)O)CC(=O)CNC(=O)[C@H](CS)CC(=O)c1ccc(N=Nc2ccc(N(C)C)cc2)cc1)Cc1ccc(O)cc1)C(=O)C[C@@H](CCCCN)C(N)=O. The van der Waals surface area contributed by atoms with Crippen LogP contribution < -0.4 is 32.3 Å². The average Bonchev–Trinajstić information content (AvgIpc) is 3.35. The Morgan fingerprint density at radius 3 is 1.90 bits per heavy atom. The summed E-state index contributed by atoms with van der Waals surface area (Å²) in [6, 6.07) is 17.7. The Kier molecular flexibility index (Phi) is 25.8. The van der Waals surface area contributed by atoms with Crippen LogP contribution in [-0.4, -0.2) is 120 Å². The number of phenols is 1. The van der Waals surface area contributed by atoms with Gasteiger partial charge in [-0.15, -0.1) is 0 Å². The lowest BCUT2D eigenvalue weighted by Gasteiger charge is -2.25. The van der Waals surface area contributed by atoms with Gasteiger partial charge in [-0.3, -0.25) is 38.4 Å². The van der Waals surface area contributed by atoms with Crippen LogP contribution in [-0.2, 0) is 40.0 Å². The van der Waals surface area contributed by atoms with Crippen LogP contribution in [0.2, 0.25) is 0 Å². The third-order valence-electron chi connectivity index (χ3n) is 12.0. The number of carboxylic acid groups (broad SMARTS) is 1. The fourth-order valence-electron chi connectivity index (χ4n) is 7.67. The van der Waals surface area contributed by atoms with Crippen molar-refractivity contribution in [2.24, 2.45) is 45.4 Å². The molecule has 0 bridgehead atoms. The second kappa shape index (κ2) is 31.1. The fourth-order valence-corrected chi connectivity index (χ4v) is 7.96. The minimum absolute atomic E-state index is 0.00804. The number of carbonyl (C=O) groups excluding carboxylic acids is 7. The van der Waals surface area contributed by atoms with Crippen LogP contribution in [0.1, 0.15) is 87.1 Å². The van der Waals surface area contributed by atoms with Crippen LogP contribution >= 0.6 is 12.6 Å². The van der Waals surface area contributed by atoms with Gasteiger partial charge in [-0.2, -0.15) is 22.9 Å². The first-order valence-electron chi connectivity index (χ1n) is 23.8. The number of phenolic OH excluding ortho intramolecular Hbond substituents is 1. The number of aliphatic carboxylic acids is 1. The molecule has 0 aliphatic heterocycles. The van der Waals surface area contributed by atoms with E-state index in [0.29, 0.717) is 48.3 Å². The summed E-state index contributed by atoms with van der Waals surface area (Å²) in [5.41, 5.74) is 14.3. The molecule has 3 aromatic rings. The number of azo groups is 1. The van der Waals surface area contributed by atoms with Crippen LogP contribution in [0.15, 0.2) is 83.0 Å². The summed E-state index contributed by atoms with van der Waals surface area (Å²) >= 11 is 4.27. The highest BCUT2D eigenvalue weighted by Crippen LogP contribution is 2.24. The highest BCUT2D eigenvalue weighted by Gasteiger charge is 2.31. The molecular weight excluding hydrogens is 933 g/mol. The number of carboxylic acids is 1. The summed E-state index contributed by atoms with van der Waals surface area (Å²) in [6.07, 6.45) is 0.518. The summed E-state index contributed by atoms with van der Waals surface area (Å²) in [5.74, 6) is -8.05. The van der Waals surface area contributed by atoms with Gasteiger partial charge in [0.05, 0.1) is 42.5 Å². The van der Waals surface area contributed by atoms with E-state index < -0.39 is 96.4 Å². The van der Waals surface area contributed by atoms with Gasteiger partial charge in [-0.25, -0.2) is 0 Å². The van der Waals surface area contributed by atoms with E-state index in [2.05, 4.69) is 38.8 Å². The molecule has 71 heavy (non-hydrogen) atoms. The zero-order valence-electron chi connectivity index (χ0n) is 40.8. The van der Waals surface area contributed by atoms with Gasteiger partial charge in [0.2, 0.25) is 17.7 Å². The Labute approximate surface area is 420 Å². The number of nitrogens with two attached hydrogens (primary N) is 2. The number of carbonyl (C=O) groups is 8. The number of hydrogen-bond donors (Lipinski definition) is 9. The molecule has 0 unspecified atom stereocenters. The number of unbranched alkanes of at least 4 members (excludes halogenated alkanes) is 1. The molecular formula is C51H70N8O11S. The topological polar surface area (TPSA) is 313 Å². The number of primary amides is 1. The van der Waals surface area contributed by atoms with Gasteiger partial charge < -0.3 is 47.6 Å². The van der Waals surface area contributed by atoms with E-state index in [9.17, 15) is 53.7 Å². The third-order valence-corrected chi connectivity index (χ3v) is 12.5. The van der Waals surface area contributed by atoms with Crippen molar-refractivity contribution < 1.29 is 53.7 Å². The highest BCUT2D eigenvalue weighted by atomic mass is 32.1. The van der Waals surface area contributed by atoms with E-state index in [0.717, 1.165) is 5.69 Å². The maximum atomic E-state index is 13.9. The van der Waals surface area contributed by atoms with E-state index in [-0.39, 0.29) is 68.8 Å². The fraction of sp³-hybridized carbons (Fsp3) is 0.490. The molecule has 6 atom stereocenters. The van der Waals surface area contributed by atoms with Crippen LogP contribution in [0.4, 0.5) is 17.1 Å². The van der Waals surface area contributed by atoms with Gasteiger partial charge in [-0.1, -0.05) is 25.5 Å². The Balaban J connectivity index is 1.62. The quantitative estimate of drug-likeness (QED) is 0.0171. The minimum Gasteiger partial charge on any atom is -0.508 e. The van der Waals surface area contributed by atoms with Crippen molar-refractivity contribution >= 4 is 76.5 Å². The standard InChI is InChI=1S/C51H70N8O11S/c1-4-43(46(64)25-35(49(53)68)7-5-6-22-52)56-51(70)36(23-32-8-19-41(61)20-9-32)26-47(65)44(30-60)54-28-33(10-21-48(66)67)24-42(62)29-55-50(69)37(31-71)27-45(63)34-11-13-38(14-12-34)57-58-39-15-17-40(18-16-39)59(2)3/h8-9,11-20,33,35-37,43-44,54,60-61,71H,4-7,10,21-31,52H2,1-3H3,(H2,53,68)(H,55,69)(H,56,70)(H,66,67)/t33-,35-,36-,37+,43+,44+/m1/s1. The molecule has 0 aliphatic carbocycles. The van der Waals surface area contributed by atoms with Crippen molar-refractivity contribution in [3.05, 3.63) is 83.9 Å². The summed E-state index contributed by atoms with van der Waals surface area (Å²) in [5, 5.41) is 46.3. The summed E-state index contributed by atoms with van der Waals surface area (Å²) in [4.78, 5) is 106. The average molecular weight is 1000 g/mol. The van der Waals surface area contributed by atoms with Gasteiger partial charge in [0.1, 0.15) is 5.75 Å². The number of ketones is 4. The maximum Gasteiger partial charge on any atom is 0.303 e. The first-order chi connectivity index (χ1) is 33.9. The van der Waals surface area contributed by atoms with Gasteiger partial charge in [0, 0.05) is 75.0 Å². The molecule has 386 valence electrons. The number of amides is 3. The lowest BCUT2D eigenvalue weighted by atomic mass is 9.89. The number of hydrogen-bond acceptors (Lipinski definition) is 16. The summed E-state index contributed by atoms with van der Waals surface area (Å²) in [6.45, 7) is 0.889. The number of nitrogens with zero attached hydrogens (tertiary/aromatic N) is 3. The number of anilines is 1. The Morgan fingerprint density at radius 2 is 1.35 bits per heavy atom. The first-order valence-corrected chi connectivity index (χ1v) is 24.4. The molecule has 3 amide bonds. The molecule has 3 aromatic carbocycles. The monoisotopic (exact) mass is 1000 g/mol. The van der Waals surface area contributed by atoms with E-state index in [1.54, 1.807) is 43.3 Å². The van der Waals surface area contributed by atoms with E-state index >= 15 is 0 Å². The molecule has 3 rings (SSSR count). The van der Waals surface area contributed by atoms with E-state index in [4.69, 9.17) is 11.5 Å². The minimum atomic E-state index is -1.24. The lowest BCUT2D eigenvalue weighted by Crippen LogP contribution is -2.47. The Hall–Kier alpha value is -6.35. The van der Waals surface area contributed by atoms with Gasteiger partial charge in [0.25, 0.3) is 0 Å². The number of nitrogens with one attached hydrogen (secondary N) is 3. The van der Waals surface area contributed by atoms with Gasteiger partial charge in [0.15, 0.2) is 23.1 Å². The second-order valence-electron chi connectivity index (χ2n) is 17.8. The third kappa shape index (κ3) is 21.3. The first kappa shape index (κ1) is 59.0. The smallest absolute Gasteiger partial charge is 0.303 e. The van der Waals surface area contributed by atoms with E-state index in [1.807, 2.05) is 43.3 Å². The molecule has 0 saturated heterocycles. The number of rotatable bonds is 35. The molecule has 0 spiro atoms. The molecule has 0 saturated carbocycles. The van der Waals surface area contributed by atoms with Crippen molar-refractivity contribution in [3.8, 4) is 5.75 Å². The van der Waals surface area contributed by atoms with Crippen molar-refractivity contribution in [2.75, 3.05) is 51.0 Å². The van der Waals surface area contributed by atoms with Crippen LogP contribution in [0, 0.1) is 23.7 Å². The molecule has 19 nitrogen and oxygen atoms in total. The molecule has 20 heteroatoms. The molecule has 0 aliphatic rings. The van der Waals surface area contributed by atoms with Gasteiger partial charge >= 0.3 is 5.97 Å². The highest BCUT2D eigenvalue weighted by molar-refractivity contribution is 7.80. The van der Waals surface area contributed by atoms with Crippen LogP contribution in [0.3, 0.4) is 0 Å². The maximum absolute atomic E-state index is 13.9. The van der Waals surface area contributed by atoms with Crippen molar-refractivity contribution in [2.45, 2.75) is 89.6 Å². The van der Waals surface area contributed by atoms with Crippen molar-refractivity contribution in [3.63, 3.8) is 0 Å². The zero-order valence-corrected chi connectivity index (χ0v) is 41.7. The predicted octanol–water partition coefficient (Wildman–Crippen LogP) is 4.40. The van der Waals surface area contributed by atoms with E-state index in [1.165, 1.54) is 12.1 Å². The largest absolute Gasteiger partial charge is 0.508 e. The number of aliphatic hydroxyl groups is 1. The number of thiol groups is 1. The lowest BCUT2D eigenvalue weighted by molar-refractivity contribution is -0.137. The van der Waals surface area contributed by atoms with Crippen LogP contribution in [0.5, 0.6) is 5.75 Å². The summed E-state index contributed by atoms with van der Waals surface area (Å²) in [7, 11) is 3.87. The number of aliphatic hydroxyl groups excluding tert-OH is 1.